The van der Waals surface area contributed by atoms with Gasteiger partial charge in [-0.15, -0.1) is 0 Å². The molecule has 0 atom stereocenters. The molecule has 3 rings (SSSR count). The Morgan fingerprint density at radius 3 is 2.57 bits per heavy atom. The number of halogens is 1. The van der Waals surface area contributed by atoms with Gasteiger partial charge in [-0.2, -0.15) is 0 Å². The Labute approximate surface area is 142 Å². The van der Waals surface area contributed by atoms with E-state index in [9.17, 15) is 4.79 Å². The number of piperazine rings is 1. The van der Waals surface area contributed by atoms with Crippen LogP contribution in [-0.2, 0) is 6.54 Å². The van der Waals surface area contributed by atoms with E-state index in [0.29, 0.717) is 0 Å². The summed E-state index contributed by atoms with van der Waals surface area (Å²) < 4.78 is 0. The molecular weight excluding hydrogens is 308 g/mol. The number of aryl methyl sites for hydroxylation is 1. The Morgan fingerprint density at radius 1 is 1.13 bits per heavy atom. The second-order valence-corrected chi connectivity index (χ2v) is 6.65. The number of hydrogen-bond donors (Lipinski definition) is 1. The first-order valence-corrected chi connectivity index (χ1v) is 8.43. The third kappa shape index (κ3) is 4.12. The summed E-state index contributed by atoms with van der Waals surface area (Å²) in [5, 5.41) is 0.787. The molecule has 0 saturated carbocycles. The highest BCUT2D eigenvalue weighted by Crippen LogP contribution is 2.10. The number of carbonyl (C=O) groups excluding carboxylic acids is 1. The van der Waals surface area contributed by atoms with Crippen molar-refractivity contribution in [3.05, 3.63) is 70.2 Å². The summed E-state index contributed by atoms with van der Waals surface area (Å²) in [4.78, 5) is 16.0. The van der Waals surface area contributed by atoms with Crippen LogP contribution < -0.4 is 4.90 Å². The number of quaternary nitrogens is 1. The van der Waals surface area contributed by atoms with Gasteiger partial charge in [0.25, 0.3) is 5.91 Å². The highest BCUT2D eigenvalue weighted by molar-refractivity contribution is 6.30. The molecule has 0 radical (unpaired) electrons. The molecule has 0 bridgehead atoms. The maximum absolute atomic E-state index is 12.6. The first-order valence-electron chi connectivity index (χ1n) is 8.06. The SMILES string of the molecule is Cc1cccc(C(=O)N2CC[NH+](Cc3cccc(Cl)c3)CC2)c1. The molecule has 2 aromatic carbocycles. The Bertz CT molecular complexity index is 693. The van der Waals surface area contributed by atoms with Crippen molar-refractivity contribution in [1.29, 1.82) is 0 Å². The molecule has 1 saturated heterocycles. The van der Waals surface area contributed by atoms with Crippen molar-refractivity contribution in [3.8, 4) is 0 Å². The fraction of sp³-hybridized carbons (Fsp3) is 0.316. The molecule has 4 heteroatoms. The number of benzene rings is 2. The van der Waals surface area contributed by atoms with Crippen LogP contribution in [-0.4, -0.2) is 37.0 Å². The minimum absolute atomic E-state index is 0.149. The van der Waals surface area contributed by atoms with Crippen molar-refractivity contribution in [1.82, 2.24) is 4.90 Å². The topological polar surface area (TPSA) is 24.8 Å². The molecule has 120 valence electrons. The molecule has 1 N–H and O–H groups in total. The monoisotopic (exact) mass is 329 g/mol. The van der Waals surface area contributed by atoms with Gasteiger partial charge in [-0.3, -0.25) is 4.79 Å². The summed E-state index contributed by atoms with van der Waals surface area (Å²) in [6.45, 7) is 6.55. The van der Waals surface area contributed by atoms with Crippen molar-refractivity contribution in [2.24, 2.45) is 0 Å². The molecule has 1 aliphatic rings. The zero-order chi connectivity index (χ0) is 16.2. The maximum atomic E-state index is 12.6. The number of nitrogens with zero attached hydrogens (tertiary/aromatic N) is 1. The van der Waals surface area contributed by atoms with Gasteiger partial charge >= 0.3 is 0 Å². The van der Waals surface area contributed by atoms with Crippen LogP contribution in [0, 0.1) is 6.92 Å². The summed E-state index contributed by atoms with van der Waals surface area (Å²) in [6, 6.07) is 15.9. The Morgan fingerprint density at radius 2 is 1.87 bits per heavy atom. The average Bonchev–Trinajstić information content (AvgIpc) is 2.55. The highest BCUT2D eigenvalue weighted by Gasteiger charge is 2.24. The third-order valence-electron chi connectivity index (χ3n) is 4.37. The summed E-state index contributed by atoms with van der Waals surface area (Å²) in [5.74, 6) is 0.149. The number of nitrogens with one attached hydrogen (secondary N) is 1. The molecule has 1 heterocycles. The van der Waals surface area contributed by atoms with Gasteiger partial charge in [0.05, 0.1) is 26.2 Å². The van der Waals surface area contributed by atoms with E-state index in [0.717, 1.165) is 48.9 Å². The van der Waals surface area contributed by atoms with E-state index in [1.807, 2.05) is 54.3 Å². The summed E-state index contributed by atoms with van der Waals surface area (Å²) in [6.07, 6.45) is 0. The molecular formula is C19H22ClN2O+. The van der Waals surface area contributed by atoms with E-state index in [1.165, 1.54) is 10.5 Å². The minimum Gasteiger partial charge on any atom is -0.328 e. The number of amides is 1. The molecule has 1 amide bonds. The zero-order valence-electron chi connectivity index (χ0n) is 13.4. The van der Waals surface area contributed by atoms with Gasteiger partial charge in [0.1, 0.15) is 6.54 Å². The molecule has 0 spiro atoms. The normalized spacial score (nSPS) is 15.7. The lowest BCUT2D eigenvalue weighted by Gasteiger charge is -2.32. The maximum Gasteiger partial charge on any atom is 0.254 e. The smallest absolute Gasteiger partial charge is 0.254 e. The molecule has 1 fully saturated rings. The average molecular weight is 330 g/mol. The molecule has 0 aliphatic carbocycles. The van der Waals surface area contributed by atoms with E-state index >= 15 is 0 Å². The Kier molecular flexibility index (Phi) is 4.99. The lowest BCUT2D eigenvalue weighted by atomic mass is 10.1. The van der Waals surface area contributed by atoms with E-state index < -0.39 is 0 Å². The summed E-state index contributed by atoms with van der Waals surface area (Å²) in [5.41, 5.74) is 3.18. The molecule has 1 aliphatic heterocycles. The van der Waals surface area contributed by atoms with Crippen LogP contribution in [0.4, 0.5) is 0 Å². The summed E-state index contributed by atoms with van der Waals surface area (Å²) >= 11 is 6.05. The van der Waals surface area contributed by atoms with Crippen molar-refractivity contribution in [2.75, 3.05) is 26.2 Å². The van der Waals surface area contributed by atoms with Crippen LogP contribution in [0.2, 0.25) is 5.02 Å². The molecule has 3 nitrogen and oxygen atoms in total. The Balaban J connectivity index is 1.57. The van der Waals surface area contributed by atoms with Crippen LogP contribution in [0.25, 0.3) is 0 Å². The quantitative estimate of drug-likeness (QED) is 0.917. The number of carbonyl (C=O) groups is 1. The standard InChI is InChI=1S/C19H21ClN2O/c1-15-4-2-6-17(12-15)19(23)22-10-8-21(9-11-22)14-16-5-3-7-18(20)13-16/h2-7,12-13H,8-11,14H2,1H3/p+1. The first kappa shape index (κ1) is 16.0. The second-order valence-electron chi connectivity index (χ2n) is 6.22. The first-order chi connectivity index (χ1) is 11.1. The summed E-state index contributed by atoms with van der Waals surface area (Å²) in [7, 11) is 0. The van der Waals surface area contributed by atoms with E-state index in [2.05, 4.69) is 6.07 Å². The third-order valence-corrected chi connectivity index (χ3v) is 4.60. The van der Waals surface area contributed by atoms with E-state index in [-0.39, 0.29) is 5.91 Å². The minimum atomic E-state index is 0.149. The predicted octanol–water partition coefficient (Wildman–Crippen LogP) is 2.19. The molecule has 23 heavy (non-hydrogen) atoms. The molecule has 0 aromatic heterocycles. The van der Waals surface area contributed by atoms with Crippen molar-refractivity contribution < 1.29 is 9.69 Å². The van der Waals surface area contributed by atoms with Gasteiger partial charge in [0, 0.05) is 16.1 Å². The Hall–Kier alpha value is -1.84. The van der Waals surface area contributed by atoms with E-state index in [1.54, 1.807) is 0 Å². The van der Waals surface area contributed by atoms with Crippen LogP contribution in [0.15, 0.2) is 48.5 Å². The van der Waals surface area contributed by atoms with Gasteiger partial charge in [-0.05, 0) is 31.2 Å². The van der Waals surface area contributed by atoms with Crippen LogP contribution >= 0.6 is 11.6 Å². The van der Waals surface area contributed by atoms with Gasteiger partial charge < -0.3 is 9.80 Å². The zero-order valence-corrected chi connectivity index (χ0v) is 14.1. The van der Waals surface area contributed by atoms with Crippen molar-refractivity contribution in [2.45, 2.75) is 13.5 Å². The van der Waals surface area contributed by atoms with Crippen molar-refractivity contribution in [3.63, 3.8) is 0 Å². The molecule has 0 unspecified atom stereocenters. The van der Waals surface area contributed by atoms with Gasteiger partial charge in [0.15, 0.2) is 0 Å². The number of rotatable bonds is 3. The van der Waals surface area contributed by atoms with Gasteiger partial charge in [-0.1, -0.05) is 41.4 Å². The van der Waals surface area contributed by atoms with Crippen LogP contribution in [0.5, 0.6) is 0 Å². The largest absolute Gasteiger partial charge is 0.328 e. The number of hydrogen-bond acceptors (Lipinski definition) is 1. The lowest BCUT2D eigenvalue weighted by molar-refractivity contribution is -0.917. The fourth-order valence-electron chi connectivity index (χ4n) is 3.10. The highest BCUT2D eigenvalue weighted by atomic mass is 35.5. The van der Waals surface area contributed by atoms with Crippen LogP contribution in [0.1, 0.15) is 21.5 Å². The van der Waals surface area contributed by atoms with Crippen LogP contribution in [0.3, 0.4) is 0 Å². The molecule has 2 aromatic rings. The van der Waals surface area contributed by atoms with Gasteiger partial charge in [0.2, 0.25) is 0 Å². The fourth-order valence-corrected chi connectivity index (χ4v) is 3.31. The van der Waals surface area contributed by atoms with Gasteiger partial charge in [-0.25, -0.2) is 0 Å². The van der Waals surface area contributed by atoms with Crippen molar-refractivity contribution >= 4 is 17.5 Å². The second kappa shape index (κ2) is 7.16. The predicted molar refractivity (Wildman–Crippen MR) is 92.9 cm³/mol. The van der Waals surface area contributed by atoms with E-state index in [4.69, 9.17) is 11.6 Å². The lowest BCUT2D eigenvalue weighted by Crippen LogP contribution is -3.13.